The maximum absolute atomic E-state index is 5.53. The van der Waals surface area contributed by atoms with E-state index in [1.54, 1.807) is 19.5 Å². The Hall–Kier alpha value is -1.40. The quantitative estimate of drug-likeness (QED) is 0.694. The summed E-state index contributed by atoms with van der Waals surface area (Å²) in [5.74, 6) is 1.19. The van der Waals surface area contributed by atoms with Gasteiger partial charge >= 0.3 is 0 Å². The van der Waals surface area contributed by atoms with Gasteiger partial charge < -0.3 is 20.5 Å². The molecule has 0 spiro atoms. The highest BCUT2D eigenvalue weighted by Crippen LogP contribution is 2.10. The molecule has 0 fully saturated rings. The molecule has 0 aliphatic rings. The average Bonchev–Trinajstić information content (AvgIpc) is 2.30. The molecule has 96 valence electrons. The van der Waals surface area contributed by atoms with Crippen molar-refractivity contribution in [1.29, 1.82) is 0 Å². The van der Waals surface area contributed by atoms with Gasteiger partial charge in [-0.3, -0.25) is 4.98 Å². The van der Waals surface area contributed by atoms with Gasteiger partial charge in [-0.1, -0.05) is 0 Å². The summed E-state index contributed by atoms with van der Waals surface area (Å²) in [5, 5.41) is 3.22. The number of nitrogens with two attached hydrogens (primary N) is 1. The topological polar surface area (TPSA) is 82.3 Å². The van der Waals surface area contributed by atoms with Gasteiger partial charge in [-0.05, 0) is 19.9 Å². The lowest BCUT2D eigenvalue weighted by atomic mass is 10.2. The second kappa shape index (κ2) is 7.81. The third kappa shape index (κ3) is 4.97. The molecule has 0 bridgehead atoms. The number of hydrogen-bond donors (Lipinski definition) is 2. The molecule has 0 radical (unpaired) electrons. The van der Waals surface area contributed by atoms with Crippen LogP contribution in [0.1, 0.15) is 13.3 Å². The fraction of sp³-hybridized carbons (Fsp3) is 0.636. The summed E-state index contributed by atoms with van der Waals surface area (Å²) in [5.41, 5.74) is 5.53. The van der Waals surface area contributed by atoms with Gasteiger partial charge in [0.15, 0.2) is 0 Å². The molecule has 17 heavy (non-hydrogen) atoms. The highest BCUT2D eigenvalue weighted by atomic mass is 16.5. The maximum Gasteiger partial charge on any atom is 0.234 e. The van der Waals surface area contributed by atoms with E-state index in [0.29, 0.717) is 31.5 Å². The van der Waals surface area contributed by atoms with Crippen molar-refractivity contribution in [3.8, 4) is 5.88 Å². The second-order valence-corrected chi connectivity index (χ2v) is 3.55. The van der Waals surface area contributed by atoms with E-state index in [0.717, 1.165) is 6.42 Å². The molecule has 1 atom stereocenters. The Morgan fingerprint density at radius 1 is 1.47 bits per heavy atom. The molecule has 0 saturated heterocycles. The minimum atomic E-state index is 0.135. The predicted octanol–water partition coefficient (Wildman–Crippen LogP) is 0.651. The van der Waals surface area contributed by atoms with E-state index in [9.17, 15) is 0 Å². The van der Waals surface area contributed by atoms with Crippen LogP contribution in [0.3, 0.4) is 0 Å². The number of methoxy groups -OCH3 is 1. The van der Waals surface area contributed by atoms with Gasteiger partial charge in [0.05, 0.1) is 31.6 Å². The number of nitrogens with one attached hydrogen (secondary N) is 1. The van der Waals surface area contributed by atoms with Gasteiger partial charge in [-0.2, -0.15) is 4.98 Å². The fourth-order valence-corrected chi connectivity index (χ4v) is 1.44. The molecule has 1 heterocycles. The van der Waals surface area contributed by atoms with Crippen LogP contribution in [0.2, 0.25) is 0 Å². The van der Waals surface area contributed by atoms with Gasteiger partial charge in [0.1, 0.15) is 5.82 Å². The Bertz CT molecular complexity index is 316. The first kappa shape index (κ1) is 13.7. The Morgan fingerprint density at radius 3 is 2.94 bits per heavy atom. The molecule has 1 rings (SSSR count). The number of rotatable bonds is 8. The van der Waals surface area contributed by atoms with Crippen molar-refractivity contribution in [3.63, 3.8) is 0 Å². The molecule has 6 nitrogen and oxygen atoms in total. The van der Waals surface area contributed by atoms with Gasteiger partial charge in [0, 0.05) is 7.11 Å². The summed E-state index contributed by atoms with van der Waals surface area (Å²) in [6.07, 6.45) is 4.05. The Morgan fingerprint density at radius 2 is 2.29 bits per heavy atom. The summed E-state index contributed by atoms with van der Waals surface area (Å²) in [4.78, 5) is 8.33. The summed E-state index contributed by atoms with van der Waals surface area (Å²) in [6, 6.07) is 0.135. The molecule has 1 aromatic heterocycles. The summed E-state index contributed by atoms with van der Waals surface area (Å²) in [6.45, 7) is 3.66. The van der Waals surface area contributed by atoms with Crippen molar-refractivity contribution in [2.45, 2.75) is 19.4 Å². The van der Waals surface area contributed by atoms with Crippen LogP contribution >= 0.6 is 0 Å². The largest absolute Gasteiger partial charge is 0.477 e. The van der Waals surface area contributed by atoms with Crippen LogP contribution in [0.15, 0.2) is 12.4 Å². The molecular weight excluding hydrogens is 220 g/mol. The summed E-state index contributed by atoms with van der Waals surface area (Å²) >= 11 is 0. The van der Waals surface area contributed by atoms with Gasteiger partial charge in [0.2, 0.25) is 5.88 Å². The second-order valence-electron chi connectivity index (χ2n) is 3.55. The zero-order valence-electron chi connectivity index (χ0n) is 10.3. The van der Waals surface area contributed by atoms with E-state index in [4.69, 9.17) is 15.2 Å². The molecule has 0 aliphatic carbocycles. The van der Waals surface area contributed by atoms with Crippen molar-refractivity contribution < 1.29 is 9.47 Å². The molecule has 0 aromatic carbocycles. The highest BCUT2D eigenvalue weighted by molar-refractivity contribution is 5.34. The first-order valence-corrected chi connectivity index (χ1v) is 5.70. The molecule has 0 saturated carbocycles. The Balaban J connectivity index is 2.60. The van der Waals surface area contributed by atoms with Gasteiger partial charge in [-0.25, -0.2) is 0 Å². The van der Waals surface area contributed by atoms with E-state index in [1.165, 1.54) is 0 Å². The lowest BCUT2D eigenvalue weighted by molar-refractivity contribution is 0.183. The van der Waals surface area contributed by atoms with Crippen LogP contribution < -0.4 is 15.8 Å². The lowest BCUT2D eigenvalue weighted by Crippen LogP contribution is -2.28. The summed E-state index contributed by atoms with van der Waals surface area (Å²) in [7, 11) is 1.66. The summed E-state index contributed by atoms with van der Waals surface area (Å²) < 4.78 is 10.4. The van der Waals surface area contributed by atoms with Crippen LogP contribution in [0, 0.1) is 0 Å². The number of ether oxygens (including phenoxy) is 2. The number of anilines is 1. The number of hydrogen-bond acceptors (Lipinski definition) is 6. The van der Waals surface area contributed by atoms with E-state index in [1.807, 2.05) is 6.92 Å². The minimum absolute atomic E-state index is 0.135. The first-order chi connectivity index (χ1) is 8.30. The van der Waals surface area contributed by atoms with E-state index in [-0.39, 0.29) is 6.04 Å². The molecular formula is C11H20N4O2. The average molecular weight is 240 g/mol. The smallest absolute Gasteiger partial charge is 0.234 e. The zero-order chi connectivity index (χ0) is 12.5. The van der Waals surface area contributed by atoms with Crippen LogP contribution in [-0.4, -0.2) is 42.9 Å². The molecule has 6 heteroatoms. The third-order valence-electron chi connectivity index (χ3n) is 2.14. The van der Waals surface area contributed by atoms with Crippen molar-refractivity contribution in [2.24, 2.45) is 5.73 Å². The van der Waals surface area contributed by atoms with Crippen LogP contribution in [0.25, 0.3) is 0 Å². The minimum Gasteiger partial charge on any atom is -0.477 e. The molecule has 3 N–H and O–H groups in total. The lowest BCUT2D eigenvalue weighted by Gasteiger charge is -2.17. The van der Waals surface area contributed by atoms with E-state index < -0.39 is 0 Å². The first-order valence-electron chi connectivity index (χ1n) is 5.70. The Labute approximate surface area is 102 Å². The van der Waals surface area contributed by atoms with E-state index >= 15 is 0 Å². The molecule has 1 aromatic rings. The monoisotopic (exact) mass is 240 g/mol. The molecule has 1 unspecified atom stereocenters. The van der Waals surface area contributed by atoms with Crippen LogP contribution in [0.5, 0.6) is 5.88 Å². The highest BCUT2D eigenvalue weighted by Gasteiger charge is 2.08. The van der Waals surface area contributed by atoms with Crippen molar-refractivity contribution in [1.82, 2.24) is 9.97 Å². The SMILES string of the molecule is CCOc1cncc(NC(CCN)COC)n1. The van der Waals surface area contributed by atoms with E-state index in [2.05, 4.69) is 15.3 Å². The molecule has 0 aliphatic heterocycles. The predicted molar refractivity (Wildman–Crippen MR) is 66.2 cm³/mol. The maximum atomic E-state index is 5.53. The van der Waals surface area contributed by atoms with Crippen molar-refractivity contribution in [2.75, 3.05) is 32.2 Å². The molecule has 0 amide bonds. The number of aromatic nitrogens is 2. The van der Waals surface area contributed by atoms with Crippen molar-refractivity contribution >= 4 is 5.82 Å². The normalized spacial score (nSPS) is 12.2. The zero-order valence-corrected chi connectivity index (χ0v) is 10.3. The van der Waals surface area contributed by atoms with Crippen LogP contribution in [-0.2, 0) is 4.74 Å². The Kier molecular flexibility index (Phi) is 6.27. The third-order valence-corrected chi connectivity index (χ3v) is 2.14. The number of nitrogens with zero attached hydrogens (tertiary/aromatic N) is 2. The van der Waals surface area contributed by atoms with Crippen LogP contribution in [0.4, 0.5) is 5.82 Å². The van der Waals surface area contributed by atoms with Crippen molar-refractivity contribution in [3.05, 3.63) is 12.4 Å². The van der Waals surface area contributed by atoms with Gasteiger partial charge in [-0.15, -0.1) is 0 Å². The fourth-order valence-electron chi connectivity index (χ4n) is 1.44. The van der Waals surface area contributed by atoms with Gasteiger partial charge in [0.25, 0.3) is 0 Å². The standard InChI is InChI=1S/C11H20N4O2/c1-3-17-11-7-13-6-10(15-11)14-9(4-5-12)8-16-2/h6-7,9H,3-5,8,12H2,1-2H3,(H,14,15).